The molecular formula is C16H25N3O3. The molecule has 22 heavy (non-hydrogen) atoms. The zero-order valence-corrected chi connectivity index (χ0v) is 14.0. The van der Waals surface area contributed by atoms with Crippen molar-refractivity contribution in [3.05, 3.63) is 17.3 Å². The van der Waals surface area contributed by atoms with E-state index in [-0.39, 0.29) is 17.6 Å². The molecule has 0 saturated carbocycles. The Kier molecular flexibility index (Phi) is 4.88. The highest BCUT2D eigenvalue weighted by atomic mass is 16.4. The summed E-state index contributed by atoms with van der Waals surface area (Å²) in [5.41, 5.74) is 0.589. The molecule has 0 bridgehead atoms. The van der Waals surface area contributed by atoms with E-state index in [0.29, 0.717) is 37.0 Å². The van der Waals surface area contributed by atoms with Crippen molar-refractivity contribution in [2.24, 2.45) is 5.92 Å². The van der Waals surface area contributed by atoms with Crippen LogP contribution in [-0.2, 0) is 11.2 Å². The molecule has 0 unspecified atom stereocenters. The van der Waals surface area contributed by atoms with E-state index >= 15 is 0 Å². The van der Waals surface area contributed by atoms with Gasteiger partial charge in [0.1, 0.15) is 6.04 Å². The highest BCUT2D eigenvalue weighted by molar-refractivity contribution is 5.96. The van der Waals surface area contributed by atoms with E-state index in [2.05, 4.69) is 18.8 Å². The van der Waals surface area contributed by atoms with Gasteiger partial charge in [-0.05, 0) is 19.8 Å². The summed E-state index contributed by atoms with van der Waals surface area (Å²) >= 11 is 0. The van der Waals surface area contributed by atoms with Gasteiger partial charge < -0.3 is 14.2 Å². The van der Waals surface area contributed by atoms with Crippen molar-refractivity contribution in [3.8, 4) is 0 Å². The average Bonchev–Trinajstić information content (AvgIpc) is 2.84. The van der Waals surface area contributed by atoms with E-state index in [4.69, 9.17) is 4.42 Å². The Hall–Kier alpha value is -1.85. The molecule has 0 spiro atoms. The van der Waals surface area contributed by atoms with Crippen molar-refractivity contribution in [1.82, 2.24) is 14.8 Å². The number of piperazine rings is 1. The van der Waals surface area contributed by atoms with Crippen LogP contribution in [-0.4, -0.2) is 52.3 Å². The van der Waals surface area contributed by atoms with Crippen LogP contribution in [0.3, 0.4) is 0 Å². The lowest BCUT2D eigenvalue weighted by Crippen LogP contribution is -2.58. The highest BCUT2D eigenvalue weighted by Gasteiger charge is 2.36. The average molecular weight is 307 g/mol. The molecule has 122 valence electrons. The number of amides is 2. The van der Waals surface area contributed by atoms with Gasteiger partial charge in [-0.2, -0.15) is 0 Å². The van der Waals surface area contributed by atoms with E-state index in [9.17, 15) is 9.59 Å². The summed E-state index contributed by atoms with van der Waals surface area (Å²) in [4.78, 5) is 32.8. The summed E-state index contributed by atoms with van der Waals surface area (Å²) in [5.74, 6) is 0.991. The molecule has 1 aromatic heterocycles. The lowest BCUT2D eigenvalue weighted by atomic mass is 10.1. The van der Waals surface area contributed by atoms with E-state index in [1.165, 1.54) is 0 Å². The third-order valence-corrected chi connectivity index (χ3v) is 3.93. The molecule has 2 amide bonds. The van der Waals surface area contributed by atoms with Crippen LogP contribution in [0.15, 0.2) is 4.42 Å². The quantitative estimate of drug-likeness (QED) is 0.852. The molecule has 1 atom stereocenters. The number of carbonyl (C=O) groups excluding carboxylic acids is 2. The number of aromatic nitrogens is 1. The zero-order valence-electron chi connectivity index (χ0n) is 14.0. The summed E-state index contributed by atoms with van der Waals surface area (Å²) in [6.45, 7) is 11.5. The van der Waals surface area contributed by atoms with E-state index in [1.807, 2.05) is 11.8 Å². The van der Waals surface area contributed by atoms with Crippen LogP contribution in [0.2, 0.25) is 0 Å². The maximum Gasteiger partial charge on any atom is 0.292 e. The number of hydrogen-bond acceptors (Lipinski definition) is 4. The molecule has 0 radical (unpaired) electrons. The lowest BCUT2D eigenvalue weighted by molar-refractivity contribution is -0.140. The minimum absolute atomic E-state index is 0.00110. The second kappa shape index (κ2) is 6.50. The number of oxazole rings is 1. The summed E-state index contributed by atoms with van der Waals surface area (Å²) in [7, 11) is 0. The predicted octanol–water partition coefficient (Wildman–Crippen LogP) is 1.87. The van der Waals surface area contributed by atoms with Gasteiger partial charge in [0.15, 0.2) is 5.89 Å². The summed E-state index contributed by atoms with van der Waals surface area (Å²) in [6, 6.07) is -0.463. The number of rotatable bonds is 4. The molecule has 1 aliphatic heterocycles. The van der Waals surface area contributed by atoms with Crippen LogP contribution < -0.4 is 0 Å². The smallest absolute Gasteiger partial charge is 0.292 e. The third-order valence-electron chi connectivity index (χ3n) is 3.93. The van der Waals surface area contributed by atoms with Crippen LogP contribution in [0.5, 0.6) is 0 Å². The van der Waals surface area contributed by atoms with Crippen LogP contribution in [0.25, 0.3) is 0 Å². The molecule has 2 heterocycles. The largest absolute Gasteiger partial charge is 0.435 e. The molecule has 0 aromatic carbocycles. The van der Waals surface area contributed by atoms with Gasteiger partial charge in [0.25, 0.3) is 5.91 Å². The molecule has 1 aliphatic rings. The summed E-state index contributed by atoms with van der Waals surface area (Å²) in [6.07, 6.45) is 0.644. The van der Waals surface area contributed by atoms with Gasteiger partial charge in [-0.3, -0.25) is 9.59 Å². The SMILES string of the molecule is CCc1nc(C)c(C(=O)N2CCN(CC(C)C)C(=O)[C@H]2C)o1. The first-order valence-corrected chi connectivity index (χ1v) is 7.91. The Balaban J connectivity index is 2.14. The molecule has 0 N–H and O–H groups in total. The fourth-order valence-electron chi connectivity index (χ4n) is 2.76. The topological polar surface area (TPSA) is 66.7 Å². The summed E-state index contributed by atoms with van der Waals surface area (Å²) < 4.78 is 5.53. The van der Waals surface area contributed by atoms with E-state index in [1.54, 1.807) is 18.7 Å². The molecule has 6 heteroatoms. The van der Waals surface area contributed by atoms with Crippen LogP contribution in [0.1, 0.15) is 49.8 Å². The minimum Gasteiger partial charge on any atom is -0.435 e. The fraction of sp³-hybridized carbons (Fsp3) is 0.688. The lowest BCUT2D eigenvalue weighted by Gasteiger charge is -2.39. The molecule has 2 rings (SSSR count). The monoisotopic (exact) mass is 307 g/mol. The van der Waals surface area contributed by atoms with Crippen LogP contribution in [0, 0.1) is 12.8 Å². The molecule has 1 aromatic rings. The second-order valence-corrected chi connectivity index (χ2v) is 6.23. The van der Waals surface area contributed by atoms with Gasteiger partial charge in [-0.25, -0.2) is 4.98 Å². The van der Waals surface area contributed by atoms with Crippen molar-refractivity contribution < 1.29 is 14.0 Å². The van der Waals surface area contributed by atoms with Gasteiger partial charge in [0.2, 0.25) is 11.7 Å². The predicted molar refractivity (Wildman–Crippen MR) is 82.5 cm³/mol. The fourth-order valence-corrected chi connectivity index (χ4v) is 2.76. The standard InChI is InChI=1S/C16H25N3O3/c1-6-13-17-11(4)14(22-13)16(21)19-8-7-18(9-10(2)3)15(20)12(19)5/h10,12H,6-9H2,1-5H3/t12-/m1/s1. The Labute approximate surface area is 131 Å². The Bertz CT molecular complexity index is 565. The Morgan fingerprint density at radius 1 is 1.41 bits per heavy atom. The van der Waals surface area contributed by atoms with Crippen molar-refractivity contribution in [2.75, 3.05) is 19.6 Å². The van der Waals surface area contributed by atoms with Gasteiger partial charge in [0.05, 0.1) is 5.69 Å². The third kappa shape index (κ3) is 3.15. The Morgan fingerprint density at radius 3 is 2.64 bits per heavy atom. The number of hydrogen-bond donors (Lipinski definition) is 0. The first-order chi connectivity index (χ1) is 10.3. The van der Waals surface area contributed by atoms with Gasteiger partial charge in [0, 0.05) is 26.1 Å². The van der Waals surface area contributed by atoms with E-state index < -0.39 is 6.04 Å². The van der Waals surface area contributed by atoms with Crippen molar-refractivity contribution >= 4 is 11.8 Å². The number of carbonyl (C=O) groups is 2. The minimum atomic E-state index is -0.463. The van der Waals surface area contributed by atoms with Gasteiger partial charge in [-0.15, -0.1) is 0 Å². The van der Waals surface area contributed by atoms with Gasteiger partial charge in [-0.1, -0.05) is 20.8 Å². The van der Waals surface area contributed by atoms with Crippen molar-refractivity contribution in [3.63, 3.8) is 0 Å². The molecule has 1 fully saturated rings. The highest BCUT2D eigenvalue weighted by Crippen LogP contribution is 2.19. The zero-order chi connectivity index (χ0) is 16.4. The number of aryl methyl sites for hydroxylation is 2. The van der Waals surface area contributed by atoms with Gasteiger partial charge >= 0.3 is 0 Å². The maximum absolute atomic E-state index is 12.7. The summed E-state index contributed by atoms with van der Waals surface area (Å²) in [5, 5.41) is 0. The van der Waals surface area contributed by atoms with Crippen LogP contribution >= 0.6 is 0 Å². The van der Waals surface area contributed by atoms with Crippen LogP contribution in [0.4, 0.5) is 0 Å². The molecule has 1 saturated heterocycles. The first-order valence-electron chi connectivity index (χ1n) is 7.91. The number of nitrogens with zero attached hydrogens (tertiary/aromatic N) is 3. The first kappa shape index (κ1) is 16.5. The van der Waals surface area contributed by atoms with E-state index in [0.717, 1.165) is 6.54 Å². The second-order valence-electron chi connectivity index (χ2n) is 6.23. The maximum atomic E-state index is 12.7. The Morgan fingerprint density at radius 2 is 2.09 bits per heavy atom. The molecular weight excluding hydrogens is 282 g/mol. The van der Waals surface area contributed by atoms with Crippen molar-refractivity contribution in [1.29, 1.82) is 0 Å². The normalized spacial score (nSPS) is 19.2. The molecule has 6 nitrogen and oxygen atoms in total. The van der Waals surface area contributed by atoms with Crippen molar-refractivity contribution in [2.45, 2.75) is 47.1 Å². The molecule has 0 aliphatic carbocycles.